The second kappa shape index (κ2) is 6.95. The minimum absolute atomic E-state index is 0.563. The van der Waals surface area contributed by atoms with Crippen LogP contribution in [0.3, 0.4) is 0 Å². The van der Waals surface area contributed by atoms with Gasteiger partial charge in [-0.2, -0.15) is 0 Å². The van der Waals surface area contributed by atoms with Gasteiger partial charge in [-0.1, -0.05) is 39.0 Å². The molecule has 1 heterocycles. The van der Waals surface area contributed by atoms with Gasteiger partial charge in [0.25, 0.3) is 0 Å². The fourth-order valence-electron chi connectivity index (χ4n) is 2.67. The van der Waals surface area contributed by atoms with Gasteiger partial charge in [-0.05, 0) is 55.3 Å². The number of fused-ring (bicyclic) bond motifs is 1. The third kappa shape index (κ3) is 3.97. The highest BCUT2D eigenvalue weighted by molar-refractivity contribution is 5.44. The molecule has 19 heavy (non-hydrogen) atoms. The fourth-order valence-corrected chi connectivity index (χ4v) is 2.67. The Morgan fingerprint density at radius 2 is 2.11 bits per heavy atom. The highest BCUT2D eigenvalue weighted by atomic mass is 16.5. The minimum Gasteiger partial charge on any atom is -0.493 e. The molecule has 1 aliphatic rings. The van der Waals surface area contributed by atoms with E-state index in [9.17, 15) is 0 Å². The molecule has 106 valence electrons. The zero-order chi connectivity index (χ0) is 13.7. The van der Waals surface area contributed by atoms with Crippen LogP contribution in [-0.4, -0.2) is 19.7 Å². The highest BCUT2D eigenvalue weighted by Crippen LogP contribution is 2.34. The lowest BCUT2D eigenvalue weighted by Crippen LogP contribution is -2.22. The van der Waals surface area contributed by atoms with Crippen molar-refractivity contribution in [2.45, 2.75) is 46.0 Å². The van der Waals surface area contributed by atoms with Gasteiger partial charge in [-0.15, -0.1) is 0 Å². The molecule has 0 amide bonds. The quantitative estimate of drug-likeness (QED) is 0.787. The SMILES string of the molecule is CC(C)CNCCC(C)c1cccc2c1OCCC2. The second-order valence-corrected chi connectivity index (χ2v) is 6.08. The molecule has 0 saturated carbocycles. The van der Waals surface area contributed by atoms with Crippen LogP contribution in [0.25, 0.3) is 0 Å². The summed E-state index contributed by atoms with van der Waals surface area (Å²) in [5, 5.41) is 3.52. The Labute approximate surface area is 117 Å². The van der Waals surface area contributed by atoms with Gasteiger partial charge < -0.3 is 10.1 Å². The van der Waals surface area contributed by atoms with Crippen molar-refractivity contribution < 1.29 is 4.74 Å². The molecule has 1 atom stereocenters. The number of benzene rings is 1. The Hall–Kier alpha value is -1.02. The van der Waals surface area contributed by atoms with Crippen molar-refractivity contribution in [1.82, 2.24) is 5.32 Å². The minimum atomic E-state index is 0.563. The Balaban J connectivity index is 1.93. The number of para-hydroxylation sites is 1. The average Bonchev–Trinajstić information content (AvgIpc) is 2.42. The topological polar surface area (TPSA) is 21.3 Å². The molecule has 2 nitrogen and oxygen atoms in total. The molecule has 0 spiro atoms. The van der Waals surface area contributed by atoms with E-state index in [0.717, 1.165) is 32.0 Å². The molecule has 2 heteroatoms. The van der Waals surface area contributed by atoms with Crippen LogP contribution in [0.15, 0.2) is 18.2 Å². The fraction of sp³-hybridized carbons (Fsp3) is 0.647. The molecular formula is C17H27NO. The lowest BCUT2D eigenvalue weighted by atomic mass is 9.92. The molecule has 0 aliphatic carbocycles. The summed E-state index contributed by atoms with van der Waals surface area (Å²) in [6, 6.07) is 6.62. The molecule has 2 rings (SSSR count). The van der Waals surface area contributed by atoms with Gasteiger partial charge in [0, 0.05) is 0 Å². The van der Waals surface area contributed by atoms with E-state index < -0.39 is 0 Å². The van der Waals surface area contributed by atoms with Crippen LogP contribution in [-0.2, 0) is 6.42 Å². The van der Waals surface area contributed by atoms with Gasteiger partial charge in [0.1, 0.15) is 5.75 Å². The van der Waals surface area contributed by atoms with Crippen molar-refractivity contribution in [3.63, 3.8) is 0 Å². The van der Waals surface area contributed by atoms with Gasteiger partial charge >= 0.3 is 0 Å². The molecule has 0 fully saturated rings. The van der Waals surface area contributed by atoms with Crippen LogP contribution in [0.5, 0.6) is 5.75 Å². The number of hydrogen-bond donors (Lipinski definition) is 1. The smallest absolute Gasteiger partial charge is 0.125 e. The highest BCUT2D eigenvalue weighted by Gasteiger charge is 2.17. The van der Waals surface area contributed by atoms with E-state index in [4.69, 9.17) is 4.74 Å². The summed E-state index contributed by atoms with van der Waals surface area (Å²) in [6.45, 7) is 9.88. The first-order valence-corrected chi connectivity index (χ1v) is 7.63. The van der Waals surface area contributed by atoms with Crippen LogP contribution >= 0.6 is 0 Å². The molecular weight excluding hydrogens is 234 g/mol. The van der Waals surface area contributed by atoms with Gasteiger partial charge in [-0.25, -0.2) is 0 Å². The maximum Gasteiger partial charge on any atom is 0.125 e. The van der Waals surface area contributed by atoms with E-state index in [0.29, 0.717) is 5.92 Å². The summed E-state index contributed by atoms with van der Waals surface area (Å²) in [5.74, 6) is 2.46. The third-order valence-corrected chi connectivity index (χ3v) is 3.80. The summed E-state index contributed by atoms with van der Waals surface area (Å²) < 4.78 is 5.90. The van der Waals surface area contributed by atoms with Crippen molar-refractivity contribution >= 4 is 0 Å². The molecule has 0 aromatic heterocycles. The molecule has 0 bridgehead atoms. The molecule has 1 aliphatic heterocycles. The van der Waals surface area contributed by atoms with Crippen LogP contribution in [0.4, 0.5) is 0 Å². The van der Waals surface area contributed by atoms with E-state index in [1.54, 1.807) is 0 Å². The standard InChI is InChI=1S/C17H27NO/c1-13(2)12-18-10-9-14(3)16-8-4-6-15-7-5-11-19-17(15)16/h4,6,8,13-14,18H,5,7,9-12H2,1-3H3. The van der Waals surface area contributed by atoms with Crippen molar-refractivity contribution in [2.75, 3.05) is 19.7 Å². The molecule has 0 saturated heterocycles. The number of nitrogens with one attached hydrogen (secondary N) is 1. The van der Waals surface area contributed by atoms with E-state index in [1.807, 2.05) is 0 Å². The Bertz CT molecular complexity index is 400. The van der Waals surface area contributed by atoms with E-state index in [1.165, 1.54) is 29.7 Å². The van der Waals surface area contributed by atoms with Crippen molar-refractivity contribution in [3.8, 4) is 5.75 Å². The Kier molecular flexibility index (Phi) is 5.26. The first kappa shape index (κ1) is 14.4. The zero-order valence-corrected chi connectivity index (χ0v) is 12.5. The molecule has 1 unspecified atom stereocenters. The maximum atomic E-state index is 5.90. The van der Waals surface area contributed by atoms with Crippen LogP contribution < -0.4 is 10.1 Å². The zero-order valence-electron chi connectivity index (χ0n) is 12.5. The number of rotatable bonds is 6. The normalized spacial score (nSPS) is 16.0. The molecule has 1 aromatic rings. The first-order chi connectivity index (χ1) is 9.18. The second-order valence-electron chi connectivity index (χ2n) is 6.08. The monoisotopic (exact) mass is 261 g/mol. The Morgan fingerprint density at radius 3 is 2.89 bits per heavy atom. The van der Waals surface area contributed by atoms with Crippen LogP contribution in [0.1, 0.15) is 50.7 Å². The van der Waals surface area contributed by atoms with Gasteiger partial charge in [0.15, 0.2) is 0 Å². The van der Waals surface area contributed by atoms with Gasteiger partial charge in [-0.3, -0.25) is 0 Å². The van der Waals surface area contributed by atoms with Crippen LogP contribution in [0, 0.1) is 5.92 Å². The Morgan fingerprint density at radius 1 is 1.26 bits per heavy atom. The lowest BCUT2D eigenvalue weighted by molar-refractivity contribution is 0.283. The summed E-state index contributed by atoms with van der Waals surface area (Å²) in [5.41, 5.74) is 2.79. The van der Waals surface area contributed by atoms with Gasteiger partial charge in [0.2, 0.25) is 0 Å². The average molecular weight is 261 g/mol. The van der Waals surface area contributed by atoms with E-state index in [2.05, 4.69) is 44.3 Å². The van der Waals surface area contributed by atoms with Crippen molar-refractivity contribution in [2.24, 2.45) is 5.92 Å². The summed E-state index contributed by atoms with van der Waals surface area (Å²) in [6.07, 6.45) is 3.49. The predicted molar refractivity (Wildman–Crippen MR) is 81.0 cm³/mol. The molecule has 0 radical (unpaired) electrons. The molecule has 1 aromatic carbocycles. The number of ether oxygens (including phenoxy) is 1. The van der Waals surface area contributed by atoms with E-state index >= 15 is 0 Å². The first-order valence-electron chi connectivity index (χ1n) is 7.63. The maximum absolute atomic E-state index is 5.90. The molecule has 1 N–H and O–H groups in total. The van der Waals surface area contributed by atoms with E-state index in [-0.39, 0.29) is 0 Å². The summed E-state index contributed by atoms with van der Waals surface area (Å²) in [4.78, 5) is 0. The van der Waals surface area contributed by atoms with Gasteiger partial charge in [0.05, 0.1) is 6.61 Å². The predicted octanol–water partition coefficient (Wildman–Crippen LogP) is 3.75. The summed E-state index contributed by atoms with van der Waals surface area (Å²) in [7, 11) is 0. The van der Waals surface area contributed by atoms with Crippen molar-refractivity contribution in [1.29, 1.82) is 0 Å². The number of aryl methyl sites for hydroxylation is 1. The number of hydrogen-bond acceptors (Lipinski definition) is 2. The van der Waals surface area contributed by atoms with Crippen molar-refractivity contribution in [3.05, 3.63) is 29.3 Å². The third-order valence-electron chi connectivity index (χ3n) is 3.80. The summed E-state index contributed by atoms with van der Waals surface area (Å²) >= 11 is 0. The van der Waals surface area contributed by atoms with Crippen LogP contribution in [0.2, 0.25) is 0 Å². The lowest BCUT2D eigenvalue weighted by Gasteiger charge is -2.23. The largest absolute Gasteiger partial charge is 0.493 e.